The van der Waals surface area contributed by atoms with Crippen molar-refractivity contribution in [3.8, 4) is 0 Å². The predicted octanol–water partition coefficient (Wildman–Crippen LogP) is 0.596. The molecule has 1 heterocycles. The first-order chi connectivity index (χ1) is 8.20. The van der Waals surface area contributed by atoms with E-state index in [1.165, 1.54) is 0 Å². The lowest BCUT2D eigenvalue weighted by Crippen LogP contribution is -2.37. The molecule has 0 bridgehead atoms. The number of carbonyl (C=O) groups excluding carboxylic acids is 1. The number of methoxy groups -OCH3 is 1. The molecule has 0 aromatic carbocycles. The lowest BCUT2D eigenvalue weighted by Gasteiger charge is -2.20. The molecular formula is C12H24N2O3. The van der Waals surface area contributed by atoms with Crippen LogP contribution in [0.15, 0.2) is 0 Å². The molecule has 1 amide bonds. The minimum atomic E-state index is -0.00558. The molecular weight excluding hydrogens is 220 g/mol. The SMILES string of the molecule is CCCC1NC(C)N(CCOCCOC)C1=O. The molecule has 1 rings (SSSR count). The summed E-state index contributed by atoms with van der Waals surface area (Å²) in [7, 11) is 1.65. The Labute approximate surface area is 103 Å². The summed E-state index contributed by atoms with van der Waals surface area (Å²) >= 11 is 0. The van der Waals surface area contributed by atoms with Gasteiger partial charge < -0.3 is 14.4 Å². The number of rotatable bonds is 8. The van der Waals surface area contributed by atoms with Crippen molar-refractivity contribution >= 4 is 5.91 Å². The van der Waals surface area contributed by atoms with Crippen molar-refractivity contribution in [3.05, 3.63) is 0 Å². The van der Waals surface area contributed by atoms with Gasteiger partial charge in [-0.05, 0) is 13.3 Å². The number of nitrogens with zero attached hydrogens (tertiary/aromatic N) is 1. The first-order valence-corrected chi connectivity index (χ1v) is 6.34. The normalized spacial score (nSPS) is 24.6. The molecule has 0 radical (unpaired) electrons. The fraction of sp³-hybridized carbons (Fsp3) is 0.917. The Balaban J connectivity index is 2.25. The lowest BCUT2D eigenvalue weighted by molar-refractivity contribution is -0.130. The van der Waals surface area contributed by atoms with E-state index in [1.54, 1.807) is 7.11 Å². The Morgan fingerprint density at radius 3 is 2.76 bits per heavy atom. The van der Waals surface area contributed by atoms with Crippen molar-refractivity contribution in [1.82, 2.24) is 10.2 Å². The van der Waals surface area contributed by atoms with Gasteiger partial charge in [-0.3, -0.25) is 10.1 Å². The highest BCUT2D eigenvalue weighted by atomic mass is 16.5. The van der Waals surface area contributed by atoms with E-state index in [-0.39, 0.29) is 18.1 Å². The van der Waals surface area contributed by atoms with Crippen LogP contribution in [0.2, 0.25) is 0 Å². The van der Waals surface area contributed by atoms with Crippen molar-refractivity contribution in [2.24, 2.45) is 0 Å². The van der Waals surface area contributed by atoms with Crippen LogP contribution in [-0.2, 0) is 14.3 Å². The van der Waals surface area contributed by atoms with E-state index in [9.17, 15) is 4.79 Å². The molecule has 17 heavy (non-hydrogen) atoms. The van der Waals surface area contributed by atoms with Crippen LogP contribution in [0.5, 0.6) is 0 Å². The third kappa shape index (κ3) is 4.26. The maximum absolute atomic E-state index is 12.0. The highest BCUT2D eigenvalue weighted by molar-refractivity contribution is 5.84. The molecule has 1 fully saturated rings. The number of hydrogen-bond donors (Lipinski definition) is 1. The molecule has 0 saturated carbocycles. The Bertz CT molecular complexity index is 236. The predicted molar refractivity (Wildman–Crippen MR) is 65.7 cm³/mol. The van der Waals surface area contributed by atoms with Crippen molar-refractivity contribution in [2.45, 2.75) is 38.9 Å². The molecule has 0 aromatic heterocycles. The van der Waals surface area contributed by atoms with Gasteiger partial charge in [-0.25, -0.2) is 0 Å². The van der Waals surface area contributed by atoms with Crippen LogP contribution >= 0.6 is 0 Å². The third-order valence-corrected chi connectivity index (χ3v) is 2.98. The molecule has 1 aliphatic rings. The highest BCUT2D eigenvalue weighted by Crippen LogP contribution is 2.13. The molecule has 5 heteroatoms. The number of nitrogens with one attached hydrogen (secondary N) is 1. The number of amides is 1. The molecule has 2 atom stereocenters. The van der Waals surface area contributed by atoms with Gasteiger partial charge in [0.2, 0.25) is 5.91 Å². The molecule has 5 nitrogen and oxygen atoms in total. The molecule has 1 aliphatic heterocycles. The van der Waals surface area contributed by atoms with Gasteiger partial charge in [0.25, 0.3) is 0 Å². The Morgan fingerprint density at radius 1 is 1.35 bits per heavy atom. The van der Waals surface area contributed by atoms with Crippen LogP contribution in [0.25, 0.3) is 0 Å². The monoisotopic (exact) mass is 244 g/mol. The zero-order chi connectivity index (χ0) is 12.7. The van der Waals surface area contributed by atoms with Crippen LogP contribution in [0.3, 0.4) is 0 Å². The van der Waals surface area contributed by atoms with Gasteiger partial charge in [0, 0.05) is 13.7 Å². The average molecular weight is 244 g/mol. The second kappa shape index (κ2) is 7.63. The number of carbonyl (C=O) groups is 1. The van der Waals surface area contributed by atoms with Crippen molar-refractivity contribution in [1.29, 1.82) is 0 Å². The van der Waals surface area contributed by atoms with E-state index in [0.717, 1.165) is 12.8 Å². The fourth-order valence-electron chi connectivity index (χ4n) is 2.05. The van der Waals surface area contributed by atoms with Gasteiger partial charge in [-0.15, -0.1) is 0 Å². The van der Waals surface area contributed by atoms with Gasteiger partial charge in [-0.2, -0.15) is 0 Å². The molecule has 0 spiro atoms. The van der Waals surface area contributed by atoms with E-state index in [4.69, 9.17) is 9.47 Å². The summed E-state index contributed by atoms with van der Waals surface area (Å²) in [4.78, 5) is 13.9. The zero-order valence-corrected chi connectivity index (χ0v) is 11.1. The van der Waals surface area contributed by atoms with Crippen LogP contribution in [0.1, 0.15) is 26.7 Å². The maximum atomic E-state index is 12.0. The van der Waals surface area contributed by atoms with E-state index in [2.05, 4.69) is 12.2 Å². The molecule has 1 saturated heterocycles. The molecule has 0 aliphatic carbocycles. The minimum absolute atomic E-state index is 0.00558. The summed E-state index contributed by atoms with van der Waals surface area (Å²) in [5, 5.41) is 3.30. The van der Waals surface area contributed by atoms with Crippen LogP contribution < -0.4 is 5.32 Å². The standard InChI is InChI=1S/C12H24N2O3/c1-4-5-11-12(15)14(10(2)13-11)6-7-17-9-8-16-3/h10-11,13H,4-9H2,1-3H3. The van der Waals surface area contributed by atoms with E-state index < -0.39 is 0 Å². The summed E-state index contributed by atoms with van der Waals surface area (Å²) in [5.74, 6) is 0.203. The lowest BCUT2D eigenvalue weighted by atomic mass is 10.2. The third-order valence-electron chi connectivity index (χ3n) is 2.98. The Hall–Kier alpha value is -0.650. The van der Waals surface area contributed by atoms with Crippen molar-refractivity contribution in [2.75, 3.05) is 33.5 Å². The smallest absolute Gasteiger partial charge is 0.241 e. The summed E-state index contributed by atoms with van der Waals surface area (Å²) in [6.07, 6.45) is 2.04. The highest BCUT2D eigenvalue weighted by Gasteiger charge is 2.35. The van der Waals surface area contributed by atoms with E-state index in [1.807, 2.05) is 11.8 Å². The number of hydrogen-bond acceptors (Lipinski definition) is 4. The first-order valence-electron chi connectivity index (χ1n) is 6.34. The molecule has 0 aromatic rings. The topological polar surface area (TPSA) is 50.8 Å². The summed E-state index contributed by atoms with van der Waals surface area (Å²) in [6.45, 7) is 6.51. The van der Waals surface area contributed by atoms with Gasteiger partial charge >= 0.3 is 0 Å². The van der Waals surface area contributed by atoms with Crippen molar-refractivity contribution in [3.63, 3.8) is 0 Å². The van der Waals surface area contributed by atoms with Gasteiger partial charge in [-0.1, -0.05) is 13.3 Å². The van der Waals surface area contributed by atoms with Gasteiger partial charge in [0.15, 0.2) is 0 Å². The van der Waals surface area contributed by atoms with E-state index in [0.29, 0.717) is 26.4 Å². The quantitative estimate of drug-likeness (QED) is 0.635. The van der Waals surface area contributed by atoms with Gasteiger partial charge in [0.1, 0.15) is 0 Å². The zero-order valence-electron chi connectivity index (χ0n) is 11.1. The molecule has 1 N–H and O–H groups in total. The molecule has 100 valence electrons. The summed E-state index contributed by atoms with van der Waals surface area (Å²) in [6, 6.07) is -0.00558. The maximum Gasteiger partial charge on any atom is 0.241 e. The molecule has 2 unspecified atom stereocenters. The minimum Gasteiger partial charge on any atom is -0.382 e. The van der Waals surface area contributed by atoms with Crippen LogP contribution in [-0.4, -0.2) is 56.5 Å². The Kier molecular flexibility index (Phi) is 6.47. The average Bonchev–Trinajstić information content (AvgIpc) is 2.56. The first kappa shape index (κ1) is 14.4. The summed E-state index contributed by atoms with van der Waals surface area (Å²) in [5.41, 5.74) is 0. The Morgan fingerprint density at radius 2 is 2.12 bits per heavy atom. The summed E-state index contributed by atoms with van der Waals surface area (Å²) < 4.78 is 10.3. The largest absolute Gasteiger partial charge is 0.382 e. The van der Waals surface area contributed by atoms with Crippen LogP contribution in [0.4, 0.5) is 0 Å². The van der Waals surface area contributed by atoms with E-state index >= 15 is 0 Å². The fourth-order valence-corrected chi connectivity index (χ4v) is 2.05. The second-order valence-corrected chi connectivity index (χ2v) is 4.32. The number of ether oxygens (including phenoxy) is 2. The second-order valence-electron chi connectivity index (χ2n) is 4.32. The van der Waals surface area contributed by atoms with Crippen molar-refractivity contribution < 1.29 is 14.3 Å². The van der Waals surface area contributed by atoms with Gasteiger partial charge in [0.05, 0.1) is 32.0 Å². The van der Waals surface area contributed by atoms with Crippen LogP contribution in [0, 0.1) is 0 Å².